The molecule has 0 saturated carbocycles. The molecule has 2 amide bonds. The third-order valence-electron chi connectivity index (χ3n) is 2.71. The van der Waals surface area contributed by atoms with Gasteiger partial charge < -0.3 is 25.4 Å². The van der Waals surface area contributed by atoms with E-state index in [9.17, 15) is 9.59 Å². The topological polar surface area (TPSA) is 90.9 Å². The van der Waals surface area contributed by atoms with Crippen LogP contribution < -0.4 is 10.6 Å². The summed E-state index contributed by atoms with van der Waals surface area (Å²) in [5, 5.41) is 13.9. The third-order valence-corrected chi connectivity index (χ3v) is 2.71. The summed E-state index contributed by atoms with van der Waals surface area (Å²) < 4.78 is 4.70. The highest BCUT2D eigenvalue weighted by Crippen LogP contribution is 1.89. The fourth-order valence-corrected chi connectivity index (χ4v) is 1.59. The van der Waals surface area contributed by atoms with Crippen LogP contribution in [-0.2, 0) is 9.53 Å². The molecule has 0 aliphatic carbocycles. The number of rotatable bonds is 10. The molecule has 0 radical (unpaired) electrons. The minimum absolute atomic E-state index is 0.0515. The predicted octanol–water partition coefficient (Wildman–Crippen LogP) is 0.117. The highest BCUT2D eigenvalue weighted by Gasteiger charge is 2.16. The van der Waals surface area contributed by atoms with E-state index in [0.29, 0.717) is 6.54 Å². The van der Waals surface area contributed by atoms with Crippen LogP contribution in [-0.4, -0.2) is 67.9 Å². The maximum absolute atomic E-state index is 11.4. The van der Waals surface area contributed by atoms with E-state index in [0.717, 1.165) is 26.1 Å². The number of carboxylic acids is 1. The van der Waals surface area contributed by atoms with E-state index in [4.69, 9.17) is 9.84 Å². The Balaban J connectivity index is 3.77. The van der Waals surface area contributed by atoms with Crippen molar-refractivity contribution in [2.75, 3.05) is 39.8 Å². The van der Waals surface area contributed by atoms with E-state index in [1.54, 1.807) is 0 Å². The normalized spacial score (nSPS) is 12.2. The first kappa shape index (κ1) is 17.7. The van der Waals surface area contributed by atoms with Crippen LogP contribution in [0.3, 0.4) is 0 Å². The second-order valence-electron chi connectivity index (χ2n) is 4.13. The van der Waals surface area contributed by atoms with Crippen LogP contribution in [0.2, 0.25) is 0 Å². The highest BCUT2D eigenvalue weighted by molar-refractivity contribution is 5.76. The molecule has 0 saturated heterocycles. The van der Waals surface area contributed by atoms with Crippen molar-refractivity contribution in [3.05, 3.63) is 0 Å². The van der Waals surface area contributed by atoms with Crippen molar-refractivity contribution in [1.29, 1.82) is 0 Å². The third kappa shape index (κ3) is 8.39. The van der Waals surface area contributed by atoms with E-state index in [2.05, 4.69) is 29.4 Å². The lowest BCUT2D eigenvalue weighted by atomic mass is 10.3. The molecule has 0 aliphatic rings. The molecule has 0 fully saturated rings. The number of aliphatic carboxylic acids is 1. The number of nitrogens with zero attached hydrogens (tertiary/aromatic N) is 1. The van der Waals surface area contributed by atoms with Crippen molar-refractivity contribution in [1.82, 2.24) is 15.5 Å². The highest BCUT2D eigenvalue weighted by atomic mass is 16.5. The SMILES string of the molecule is CCCN(CC)CCNC(=O)NCC(OC)C(=O)O. The maximum Gasteiger partial charge on any atom is 0.334 e. The van der Waals surface area contributed by atoms with Gasteiger partial charge in [0.15, 0.2) is 6.10 Å². The van der Waals surface area contributed by atoms with E-state index >= 15 is 0 Å². The second kappa shape index (κ2) is 10.6. The summed E-state index contributed by atoms with van der Waals surface area (Å²) in [4.78, 5) is 24.3. The van der Waals surface area contributed by atoms with Gasteiger partial charge in [0.25, 0.3) is 0 Å². The van der Waals surface area contributed by atoms with Gasteiger partial charge >= 0.3 is 12.0 Å². The standard InChI is InChI=1S/C12H25N3O4/c1-4-7-15(5-2)8-6-13-12(18)14-9-10(19-3)11(16)17/h10H,4-9H2,1-3H3,(H,16,17)(H2,13,14,18). The van der Waals surface area contributed by atoms with Gasteiger partial charge in [0.1, 0.15) is 0 Å². The molecule has 0 bridgehead atoms. The molecule has 0 rings (SSSR count). The second-order valence-corrected chi connectivity index (χ2v) is 4.13. The first-order valence-corrected chi connectivity index (χ1v) is 6.54. The van der Waals surface area contributed by atoms with Crippen molar-refractivity contribution >= 4 is 12.0 Å². The van der Waals surface area contributed by atoms with Gasteiger partial charge in [-0.1, -0.05) is 13.8 Å². The Morgan fingerprint density at radius 1 is 1.26 bits per heavy atom. The van der Waals surface area contributed by atoms with Gasteiger partial charge in [0, 0.05) is 20.2 Å². The average molecular weight is 275 g/mol. The molecule has 0 aromatic rings. The molecule has 7 nitrogen and oxygen atoms in total. The van der Waals surface area contributed by atoms with Gasteiger partial charge in [-0.3, -0.25) is 0 Å². The number of nitrogens with one attached hydrogen (secondary N) is 2. The Kier molecular flexibility index (Phi) is 9.82. The molecular formula is C12H25N3O4. The monoisotopic (exact) mass is 275 g/mol. The quantitative estimate of drug-likeness (QED) is 0.527. The van der Waals surface area contributed by atoms with Crippen LogP contribution in [0.4, 0.5) is 4.79 Å². The number of carboxylic acid groups (broad SMARTS) is 1. The summed E-state index contributed by atoms with van der Waals surface area (Å²) in [5.74, 6) is -1.09. The molecule has 0 aromatic carbocycles. The molecule has 19 heavy (non-hydrogen) atoms. The zero-order valence-electron chi connectivity index (χ0n) is 11.9. The van der Waals surface area contributed by atoms with E-state index in [1.807, 2.05) is 0 Å². The molecule has 7 heteroatoms. The van der Waals surface area contributed by atoms with Gasteiger partial charge in [0.05, 0.1) is 6.54 Å². The number of amides is 2. The Hall–Kier alpha value is -1.34. The Bertz CT molecular complexity index is 274. The lowest BCUT2D eigenvalue weighted by Gasteiger charge is -2.19. The fourth-order valence-electron chi connectivity index (χ4n) is 1.59. The minimum Gasteiger partial charge on any atom is -0.479 e. The Morgan fingerprint density at radius 2 is 1.95 bits per heavy atom. The number of ether oxygens (including phenoxy) is 1. The lowest BCUT2D eigenvalue weighted by Crippen LogP contribution is -2.44. The summed E-state index contributed by atoms with van der Waals surface area (Å²) in [6.45, 7) is 7.40. The van der Waals surface area contributed by atoms with E-state index < -0.39 is 12.1 Å². The number of hydrogen-bond acceptors (Lipinski definition) is 4. The molecule has 112 valence electrons. The molecule has 3 N–H and O–H groups in total. The molecule has 0 aromatic heterocycles. The van der Waals surface area contributed by atoms with Gasteiger partial charge in [-0.25, -0.2) is 9.59 Å². The Labute approximate surface area is 114 Å². The first-order valence-electron chi connectivity index (χ1n) is 6.54. The molecular weight excluding hydrogens is 250 g/mol. The summed E-state index contributed by atoms with van der Waals surface area (Å²) in [6.07, 6.45) is 0.0618. The van der Waals surface area contributed by atoms with Crippen LogP contribution in [0.5, 0.6) is 0 Å². The van der Waals surface area contributed by atoms with Gasteiger partial charge in [-0.2, -0.15) is 0 Å². The summed E-state index contributed by atoms with van der Waals surface area (Å²) >= 11 is 0. The number of likely N-dealkylation sites (N-methyl/N-ethyl adjacent to an activating group) is 1. The maximum atomic E-state index is 11.4. The summed E-state index contributed by atoms with van der Waals surface area (Å²) in [5.41, 5.74) is 0. The lowest BCUT2D eigenvalue weighted by molar-refractivity contribution is -0.147. The van der Waals surface area contributed by atoms with Crippen molar-refractivity contribution in [2.24, 2.45) is 0 Å². The smallest absolute Gasteiger partial charge is 0.334 e. The van der Waals surface area contributed by atoms with Crippen LogP contribution in [0.25, 0.3) is 0 Å². The molecule has 1 atom stereocenters. The van der Waals surface area contributed by atoms with E-state index in [1.165, 1.54) is 7.11 Å². The summed E-state index contributed by atoms with van der Waals surface area (Å²) in [6, 6.07) is -0.379. The molecule has 0 aliphatic heterocycles. The Morgan fingerprint density at radius 3 is 2.42 bits per heavy atom. The van der Waals surface area contributed by atoms with E-state index in [-0.39, 0.29) is 12.6 Å². The van der Waals surface area contributed by atoms with Gasteiger partial charge in [-0.05, 0) is 19.5 Å². The van der Waals surface area contributed by atoms with Crippen molar-refractivity contribution in [3.63, 3.8) is 0 Å². The van der Waals surface area contributed by atoms with Crippen LogP contribution in [0.15, 0.2) is 0 Å². The van der Waals surface area contributed by atoms with Crippen LogP contribution in [0.1, 0.15) is 20.3 Å². The van der Waals surface area contributed by atoms with Crippen LogP contribution >= 0.6 is 0 Å². The van der Waals surface area contributed by atoms with Gasteiger partial charge in [-0.15, -0.1) is 0 Å². The average Bonchev–Trinajstić information content (AvgIpc) is 2.38. The fraction of sp³-hybridized carbons (Fsp3) is 0.833. The van der Waals surface area contributed by atoms with Gasteiger partial charge in [0.2, 0.25) is 0 Å². The largest absolute Gasteiger partial charge is 0.479 e. The van der Waals surface area contributed by atoms with Crippen molar-refractivity contribution in [2.45, 2.75) is 26.4 Å². The number of methoxy groups -OCH3 is 1. The first-order chi connectivity index (χ1) is 9.04. The number of carbonyl (C=O) groups is 2. The number of carbonyl (C=O) groups excluding carboxylic acids is 1. The number of hydrogen-bond donors (Lipinski definition) is 3. The predicted molar refractivity (Wildman–Crippen MR) is 72.2 cm³/mol. The van der Waals surface area contributed by atoms with Crippen molar-refractivity contribution < 1.29 is 19.4 Å². The zero-order chi connectivity index (χ0) is 14.7. The summed E-state index contributed by atoms with van der Waals surface area (Å²) in [7, 11) is 1.29. The van der Waals surface area contributed by atoms with Crippen molar-refractivity contribution in [3.8, 4) is 0 Å². The zero-order valence-corrected chi connectivity index (χ0v) is 11.9. The number of urea groups is 1. The van der Waals surface area contributed by atoms with Crippen LogP contribution in [0, 0.1) is 0 Å². The molecule has 1 unspecified atom stereocenters. The molecule has 0 spiro atoms. The minimum atomic E-state index is -1.09. The molecule has 0 heterocycles.